The lowest BCUT2D eigenvalue weighted by molar-refractivity contribution is -0.179. The highest BCUT2D eigenvalue weighted by Gasteiger charge is 2.43. The molecular formula is C59H79F3N12O5. The highest BCUT2D eigenvalue weighted by atomic mass is 19.3. The molecule has 426 valence electrons. The first-order valence-corrected chi connectivity index (χ1v) is 28.6. The van der Waals surface area contributed by atoms with Crippen LogP contribution in [0.4, 0.5) is 34.1 Å². The number of halogens is 3. The zero-order valence-corrected chi connectivity index (χ0v) is 46.7. The number of urea groups is 1. The van der Waals surface area contributed by atoms with Crippen molar-refractivity contribution >= 4 is 40.2 Å². The Bertz CT molecular complexity index is 2920. The second kappa shape index (κ2) is 24.7. The molecule has 6 atom stereocenters. The zero-order valence-electron chi connectivity index (χ0n) is 46.7. The Morgan fingerprint density at radius 2 is 1.37 bits per heavy atom. The predicted octanol–water partition coefficient (Wildman–Crippen LogP) is 8.62. The Labute approximate surface area is 462 Å². The van der Waals surface area contributed by atoms with E-state index in [1.807, 2.05) is 44.7 Å². The number of anilines is 2. The van der Waals surface area contributed by atoms with E-state index in [0.29, 0.717) is 84.5 Å². The number of carbonyl (C=O) groups excluding carboxylic acids is 2. The SMILES string of the molecule is CCOC1(C2C=CC(c3cc4c(N5CCN(C(=O)OC[C@@H](C)F)CC5)ccnn4c3)=NC2)CCN(C(C)CC(C)NC(=O)N2CCN(c3ccnn4cc(-c5ccc([C@H]6CN(C(C)C)CC[C@@H]6OC(F)F)cc5)cc34)CC2)CC1. The average molecular weight is 1090 g/mol. The van der Waals surface area contributed by atoms with Crippen LogP contribution in [-0.2, 0) is 14.2 Å². The van der Waals surface area contributed by atoms with E-state index in [0.717, 1.165) is 89.3 Å². The Balaban J connectivity index is 0.685. The largest absolute Gasteiger partial charge is 0.446 e. The van der Waals surface area contributed by atoms with Crippen LogP contribution in [0.25, 0.3) is 22.2 Å². The molecule has 10 rings (SSSR count). The number of piperidine rings is 2. The number of amides is 3. The van der Waals surface area contributed by atoms with Crippen molar-refractivity contribution < 1.29 is 37.0 Å². The van der Waals surface area contributed by atoms with E-state index in [4.69, 9.17) is 19.2 Å². The molecule has 4 aromatic heterocycles. The number of dihydropyridines is 1. The zero-order chi connectivity index (χ0) is 55.4. The number of nitrogens with one attached hydrogen (secondary N) is 1. The summed E-state index contributed by atoms with van der Waals surface area (Å²) >= 11 is 0. The van der Waals surface area contributed by atoms with E-state index in [1.54, 1.807) is 11.1 Å². The number of likely N-dealkylation sites (tertiary alicyclic amines) is 2. The number of ether oxygens (including phenoxy) is 3. The third-order valence-corrected chi connectivity index (χ3v) is 17.1. The number of piperazine rings is 2. The van der Waals surface area contributed by atoms with E-state index >= 15 is 0 Å². The molecule has 20 heteroatoms. The first-order chi connectivity index (χ1) is 38.1. The second-order valence-corrected chi connectivity index (χ2v) is 22.6. The third-order valence-electron chi connectivity index (χ3n) is 17.1. The minimum Gasteiger partial charge on any atom is -0.446 e. The van der Waals surface area contributed by atoms with Crippen molar-refractivity contribution in [3.05, 3.63) is 96.6 Å². The number of carbonyl (C=O) groups is 2. The van der Waals surface area contributed by atoms with Crippen molar-refractivity contribution in [2.45, 2.75) is 116 Å². The van der Waals surface area contributed by atoms with Crippen LogP contribution in [0.5, 0.6) is 0 Å². The lowest BCUT2D eigenvalue weighted by Crippen LogP contribution is -2.55. The van der Waals surface area contributed by atoms with Crippen molar-refractivity contribution in [1.29, 1.82) is 0 Å². The number of nitrogens with zero attached hydrogens (tertiary/aromatic N) is 11. The summed E-state index contributed by atoms with van der Waals surface area (Å²) in [5, 5.41) is 12.6. The first-order valence-electron chi connectivity index (χ1n) is 28.6. The van der Waals surface area contributed by atoms with E-state index < -0.39 is 25.0 Å². The number of hydrogen-bond acceptors (Lipinski definition) is 12. The molecule has 4 fully saturated rings. The molecule has 4 saturated heterocycles. The van der Waals surface area contributed by atoms with Crippen molar-refractivity contribution in [3.63, 3.8) is 0 Å². The molecular weight excluding hydrogens is 1010 g/mol. The smallest absolute Gasteiger partial charge is 0.409 e. The van der Waals surface area contributed by atoms with Crippen LogP contribution in [0.2, 0.25) is 0 Å². The van der Waals surface area contributed by atoms with Gasteiger partial charge in [-0.2, -0.15) is 19.0 Å². The van der Waals surface area contributed by atoms with E-state index in [1.165, 1.54) is 6.92 Å². The molecule has 9 heterocycles. The standard InChI is InChI=1S/C59H79F3N12O5/c1-7-78-59(48-12-13-50(63-35-48)47-34-54-52(15-20-65-74(54)37-47)69-26-30-71(31-27-69)58(76)77-39-41(4)60)17-22-67(23-18-59)43(6)32-42(5)66-57(75)70-28-24-68(25-29-70)51-14-19-64-73-36-46(33-53(51)73)44-8-10-45(11-9-44)49-38-72(40(2)3)21-16-55(49)79-56(61)62/h8-15,19-20,33-34,36-37,40-43,48-49,55-56H,7,16-18,21-32,35,38-39H2,1-6H3,(H,66,75)/t41-,42?,43?,48?,49-,55+/m1/s1. The average Bonchev–Trinajstić information content (AvgIpc) is 4.21. The summed E-state index contributed by atoms with van der Waals surface area (Å²) in [6.07, 6.45) is 13.1. The van der Waals surface area contributed by atoms with Crippen molar-refractivity contribution in [1.82, 2.24) is 44.1 Å². The van der Waals surface area contributed by atoms with Gasteiger partial charge in [-0.25, -0.2) is 23.0 Å². The minimum atomic E-state index is -2.80. The van der Waals surface area contributed by atoms with Gasteiger partial charge in [0.2, 0.25) is 0 Å². The number of benzene rings is 1. The van der Waals surface area contributed by atoms with Crippen molar-refractivity contribution in [3.8, 4) is 11.1 Å². The number of rotatable bonds is 17. The van der Waals surface area contributed by atoms with Gasteiger partial charge in [-0.15, -0.1) is 0 Å². The maximum atomic E-state index is 13.7. The molecule has 1 aromatic carbocycles. The van der Waals surface area contributed by atoms with Crippen LogP contribution < -0.4 is 15.1 Å². The quantitative estimate of drug-likeness (QED) is 0.0958. The number of fused-ring (bicyclic) bond motifs is 2. The predicted molar refractivity (Wildman–Crippen MR) is 302 cm³/mol. The fourth-order valence-electron chi connectivity index (χ4n) is 12.7. The first kappa shape index (κ1) is 56.1. The summed E-state index contributed by atoms with van der Waals surface area (Å²) in [5.74, 6) is -0.00309. The lowest BCUT2D eigenvalue weighted by atomic mass is 9.77. The van der Waals surface area contributed by atoms with E-state index in [-0.39, 0.29) is 42.2 Å². The molecule has 3 amide bonds. The van der Waals surface area contributed by atoms with Gasteiger partial charge < -0.3 is 48.9 Å². The van der Waals surface area contributed by atoms with Gasteiger partial charge in [0.15, 0.2) is 0 Å². The molecule has 17 nitrogen and oxygen atoms in total. The fourth-order valence-corrected chi connectivity index (χ4v) is 12.7. The van der Waals surface area contributed by atoms with E-state index in [9.17, 15) is 22.8 Å². The van der Waals surface area contributed by atoms with Crippen LogP contribution in [0.3, 0.4) is 0 Å². The normalized spacial score (nSPS) is 22.7. The molecule has 0 bridgehead atoms. The molecule has 0 saturated carbocycles. The number of aromatic nitrogens is 4. The summed E-state index contributed by atoms with van der Waals surface area (Å²) in [5.41, 5.74) is 8.67. The monoisotopic (exact) mass is 1090 g/mol. The molecule has 0 radical (unpaired) electrons. The highest BCUT2D eigenvalue weighted by Crippen LogP contribution is 2.39. The van der Waals surface area contributed by atoms with Crippen LogP contribution in [-0.4, -0.2) is 198 Å². The molecule has 5 aliphatic rings. The topological polar surface area (TPSA) is 140 Å². The van der Waals surface area contributed by atoms with Gasteiger partial charge in [-0.3, -0.25) is 4.99 Å². The second-order valence-electron chi connectivity index (χ2n) is 22.6. The Morgan fingerprint density at radius 1 is 0.747 bits per heavy atom. The Hall–Kier alpha value is -6.22. The van der Waals surface area contributed by atoms with Crippen molar-refractivity contribution in [2.24, 2.45) is 10.9 Å². The fraction of sp³-hybridized carbons (Fsp3) is 0.576. The van der Waals surface area contributed by atoms with Crippen LogP contribution >= 0.6 is 0 Å². The summed E-state index contributed by atoms with van der Waals surface area (Å²) in [6, 6.07) is 17.1. The molecule has 0 spiro atoms. The molecule has 5 aromatic rings. The van der Waals surface area contributed by atoms with Gasteiger partial charge in [0.25, 0.3) is 0 Å². The number of aliphatic imine (C=N–C) groups is 1. The van der Waals surface area contributed by atoms with E-state index in [2.05, 4.69) is 118 Å². The maximum Gasteiger partial charge on any atom is 0.409 e. The van der Waals surface area contributed by atoms with Gasteiger partial charge in [0, 0.05) is 158 Å². The lowest BCUT2D eigenvalue weighted by Gasteiger charge is -2.47. The summed E-state index contributed by atoms with van der Waals surface area (Å²) in [7, 11) is 0. The molecule has 5 aliphatic heterocycles. The number of hydrogen-bond donors (Lipinski definition) is 1. The third kappa shape index (κ3) is 12.7. The van der Waals surface area contributed by atoms with Crippen LogP contribution in [0.1, 0.15) is 84.3 Å². The molecule has 1 N–H and O–H groups in total. The molecule has 79 heavy (non-hydrogen) atoms. The maximum absolute atomic E-state index is 13.7. The molecule has 0 aliphatic carbocycles. The van der Waals surface area contributed by atoms with Gasteiger partial charge in [0.05, 0.1) is 39.8 Å². The molecule has 3 unspecified atom stereocenters. The van der Waals surface area contributed by atoms with Gasteiger partial charge in [-0.1, -0.05) is 30.3 Å². The van der Waals surface area contributed by atoms with Gasteiger partial charge >= 0.3 is 18.7 Å². The van der Waals surface area contributed by atoms with Gasteiger partial charge in [-0.05, 0) is 109 Å². The Kier molecular flexibility index (Phi) is 17.5. The van der Waals surface area contributed by atoms with Crippen molar-refractivity contribution in [2.75, 3.05) is 108 Å². The Morgan fingerprint density at radius 3 is 1.95 bits per heavy atom. The van der Waals surface area contributed by atoms with Gasteiger partial charge in [0.1, 0.15) is 12.8 Å². The highest BCUT2D eigenvalue weighted by molar-refractivity contribution is 6.10. The van der Waals surface area contributed by atoms with Crippen LogP contribution in [0.15, 0.2) is 90.5 Å². The number of allylic oxidation sites excluding steroid dienone is 1. The minimum absolute atomic E-state index is 0.0117. The summed E-state index contributed by atoms with van der Waals surface area (Å²) < 4.78 is 60.8. The summed E-state index contributed by atoms with van der Waals surface area (Å²) in [6.45, 7) is 18.3. The van der Waals surface area contributed by atoms with Crippen LogP contribution in [0, 0.1) is 5.92 Å². The number of alkyl halides is 3. The summed E-state index contributed by atoms with van der Waals surface area (Å²) in [4.78, 5) is 44.3.